The summed E-state index contributed by atoms with van der Waals surface area (Å²) in [5, 5.41) is 8.30. The molecule has 1 aromatic heterocycles. The SMILES string of the molecule is COc1ccc(-c2cc3c(c(OC)c2)OCCN(C(=O)C2CCOC(C)(C)C2)C3)nn1. The summed E-state index contributed by atoms with van der Waals surface area (Å²) in [7, 11) is 3.16. The molecule has 1 unspecified atom stereocenters. The molecule has 1 fully saturated rings. The fourth-order valence-electron chi connectivity index (χ4n) is 4.26. The summed E-state index contributed by atoms with van der Waals surface area (Å²) in [4.78, 5) is 15.2. The lowest BCUT2D eigenvalue weighted by Gasteiger charge is -2.36. The fraction of sp³-hybridized carbons (Fsp3) is 0.522. The first-order chi connectivity index (χ1) is 14.9. The number of methoxy groups -OCH3 is 2. The first-order valence-corrected chi connectivity index (χ1v) is 10.5. The van der Waals surface area contributed by atoms with Crippen LogP contribution in [0.25, 0.3) is 11.3 Å². The van der Waals surface area contributed by atoms with Crippen LogP contribution in [-0.4, -0.2) is 60.6 Å². The minimum Gasteiger partial charge on any atom is -0.493 e. The summed E-state index contributed by atoms with van der Waals surface area (Å²) in [5.74, 6) is 1.86. The molecule has 1 aromatic carbocycles. The number of amides is 1. The molecular weight excluding hydrogens is 398 g/mol. The average molecular weight is 428 g/mol. The van der Waals surface area contributed by atoms with E-state index in [9.17, 15) is 4.79 Å². The lowest BCUT2D eigenvalue weighted by molar-refractivity contribution is -0.146. The highest BCUT2D eigenvalue weighted by atomic mass is 16.5. The molecule has 1 amide bonds. The molecule has 0 spiro atoms. The van der Waals surface area contributed by atoms with Crippen LogP contribution in [0.3, 0.4) is 0 Å². The maximum atomic E-state index is 13.3. The van der Waals surface area contributed by atoms with Gasteiger partial charge in [0.05, 0.1) is 32.1 Å². The molecule has 8 nitrogen and oxygen atoms in total. The third-order valence-electron chi connectivity index (χ3n) is 5.82. The molecule has 1 atom stereocenters. The zero-order chi connectivity index (χ0) is 22.0. The van der Waals surface area contributed by atoms with Gasteiger partial charge < -0.3 is 23.8 Å². The molecule has 2 aromatic rings. The Morgan fingerprint density at radius 3 is 2.68 bits per heavy atom. The highest BCUT2D eigenvalue weighted by Crippen LogP contribution is 2.39. The van der Waals surface area contributed by atoms with Gasteiger partial charge in [0.15, 0.2) is 11.5 Å². The Labute approximate surface area is 182 Å². The van der Waals surface area contributed by atoms with Crippen LogP contribution < -0.4 is 14.2 Å². The van der Waals surface area contributed by atoms with Crippen molar-refractivity contribution in [1.82, 2.24) is 15.1 Å². The second-order valence-corrected chi connectivity index (χ2v) is 8.53. The Hall–Kier alpha value is -2.87. The molecular formula is C23H29N3O5. The van der Waals surface area contributed by atoms with Crippen molar-refractivity contribution in [2.24, 2.45) is 5.92 Å². The quantitative estimate of drug-likeness (QED) is 0.741. The van der Waals surface area contributed by atoms with E-state index in [1.165, 1.54) is 0 Å². The van der Waals surface area contributed by atoms with E-state index in [4.69, 9.17) is 18.9 Å². The number of fused-ring (bicyclic) bond motifs is 1. The third-order valence-corrected chi connectivity index (χ3v) is 5.82. The summed E-state index contributed by atoms with van der Waals surface area (Å²) < 4.78 is 22.5. The van der Waals surface area contributed by atoms with Crippen LogP contribution in [0.15, 0.2) is 24.3 Å². The van der Waals surface area contributed by atoms with E-state index in [0.29, 0.717) is 49.4 Å². The summed E-state index contributed by atoms with van der Waals surface area (Å²) in [6, 6.07) is 7.49. The number of carbonyl (C=O) groups is 1. The van der Waals surface area contributed by atoms with Crippen LogP contribution >= 0.6 is 0 Å². The molecule has 0 saturated carbocycles. The molecule has 2 aliphatic heterocycles. The van der Waals surface area contributed by atoms with Gasteiger partial charge in [-0.2, -0.15) is 0 Å². The summed E-state index contributed by atoms with van der Waals surface area (Å²) in [6.45, 7) is 6.11. The number of carbonyl (C=O) groups excluding carboxylic acids is 1. The second-order valence-electron chi connectivity index (χ2n) is 8.53. The van der Waals surface area contributed by atoms with Crippen molar-refractivity contribution in [3.63, 3.8) is 0 Å². The monoisotopic (exact) mass is 427 g/mol. The molecule has 0 bridgehead atoms. The van der Waals surface area contributed by atoms with Gasteiger partial charge in [-0.15, -0.1) is 10.2 Å². The lowest BCUT2D eigenvalue weighted by Crippen LogP contribution is -2.43. The van der Waals surface area contributed by atoms with Gasteiger partial charge in [-0.3, -0.25) is 4.79 Å². The number of aromatic nitrogens is 2. The standard InChI is InChI=1S/C23H29N3O5/c1-23(2)13-15(7-9-31-23)22(27)26-8-10-30-21-17(14-26)11-16(12-19(21)28-3)18-5-6-20(29-4)25-24-18/h5-6,11-12,15H,7-10,13-14H2,1-4H3. The molecule has 8 heteroatoms. The average Bonchev–Trinajstić information content (AvgIpc) is 2.99. The van der Waals surface area contributed by atoms with Crippen molar-refractivity contribution in [2.45, 2.75) is 38.8 Å². The van der Waals surface area contributed by atoms with Crippen molar-refractivity contribution in [3.8, 4) is 28.6 Å². The molecule has 31 heavy (non-hydrogen) atoms. The van der Waals surface area contributed by atoms with Gasteiger partial charge in [-0.1, -0.05) is 0 Å². The number of benzene rings is 1. The van der Waals surface area contributed by atoms with E-state index < -0.39 is 0 Å². The van der Waals surface area contributed by atoms with E-state index in [2.05, 4.69) is 10.2 Å². The van der Waals surface area contributed by atoms with E-state index in [1.54, 1.807) is 20.3 Å². The van der Waals surface area contributed by atoms with Crippen LogP contribution in [-0.2, 0) is 16.1 Å². The Morgan fingerprint density at radius 2 is 2.00 bits per heavy atom. The van der Waals surface area contributed by atoms with Gasteiger partial charge in [-0.05, 0) is 44.9 Å². The van der Waals surface area contributed by atoms with Gasteiger partial charge in [0.1, 0.15) is 6.61 Å². The molecule has 0 radical (unpaired) electrons. The first-order valence-electron chi connectivity index (χ1n) is 10.5. The fourth-order valence-corrected chi connectivity index (χ4v) is 4.26. The minimum atomic E-state index is -0.276. The molecule has 2 aliphatic rings. The van der Waals surface area contributed by atoms with Crippen LogP contribution in [0.5, 0.6) is 17.4 Å². The number of rotatable bonds is 4. The Morgan fingerprint density at radius 1 is 1.16 bits per heavy atom. The third kappa shape index (κ3) is 4.58. The van der Waals surface area contributed by atoms with Crippen LogP contribution in [0, 0.1) is 5.92 Å². The molecule has 166 valence electrons. The van der Waals surface area contributed by atoms with E-state index >= 15 is 0 Å². The Balaban J connectivity index is 1.62. The largest absolute Gasteiger partial charge is 0.493 e. The Kier molecular flexibility index (Phi) is 6.00. The topological polar surface area (TPSA) is 83.0 Å². The maximum Gasteiger partial charge on any atom is 0.233 e. The highest BCUT2D eigenvalue weighted by Gasteiger charge is 2.36. The van der Waals surface area contributed by atoms with E-state index in [0.717, 1.165) is 24.0 Å². The molecule has 0 N–H and O–H groups in total. The second kappa shape index (κ2) is 8.70. The normalized spacial score (nSPS) is 20.3. The van der Waals surface area contributed by atoms with Gasteiger partial charge in [0, 0.05) is 36.3 Å². The number of hydrogen-bond acceptors (Lipinski definition) is 7. The van der Waals surface area contributed by atoms with Crippen molar-refractivity contribution < 1.29 is 23.7 Å². The number of nitrogens with zero attached hydrogens (tertiary/aromatic N) is 3. The summed E-state index contributed by atoms with van der Waals surface area (Å²) in [5.41, 5.74) is 2.15. The van der Waals surface area contributed by atoms with Gasteiger partial charge in [0.2, 0.25) is 11.8 Å². The Bertz CT molecular complexity index is 945. The molecule has 1 saturated heterocycles. The van der Waals surface area contributed by atoms with Gasteiger partial charge in [-0.25, -0.2) is 0 Å². The number of hydrogen-bond donors (Lipinski definition) is 0. The first kappa shape index (κ1) is 21.4. The zero-order valence-electron chi connectivity index (χ0n) is 18.5. The minimum absolute atomic E-state index is 0.0390. The summed E-state index contributed by atoms with van der Waals surface area (Å²) >= 11 is 0. The van der Waals surface area contributed by atoms with Crippen molar-refractivity contribution in [1.29, 1.82) is 0 Å². The predicted octanol–water partition coefficient (Wildman–Crippen LogP) is 3.09. The zero-order valence-corrected chi connectivity index (χ0v) is 18.5. The highest BCUT2D eigenvalue weighted by molar-refractivity contribution is 5.79. The molecule has 3 heterocycles. The molecule has 4 rings (SSSR count). The van der Waals surface area contributed by atoms with Gasteiger partial charge >= 0.3 is 0 Å². The van der Waals surface area contributed by atoms with E-state index in [-0.39, 0.29) is 17.4 Å². The smallest absolute Gasteiger partial charge is 0.233 e. The number of ether oxygens (including phenoxy) is 4. The van der Waals surface area contributed by atoms with Crippen LogP contribution in [0.4, 0.5) is 0 Å². The van der Waals surface area contributed by atoms with Crippen LogP contribution in [0.1, 0.15) is 32.3 Å². The maximum absolute atomic E-state index is 13.3. The predicted molar refractivity (Wildman–Crippen MR) is 114 cm³/mol. The van der Waals surface area contributed by atoms with Crippen LogP contribution in [0.2, 0.25) is 0 Å². The van der Waals surface area contributed by atoms with Crippen molar-refractivity contribution in [3.05, 3.63) is 29.8 Å². The van der Waals surface area contributed by atoms with Crippen molar-refractivity contribution >= 4 is 5.91 Å². The lowest BCUT2D eigenvalue weighted by atomic mass is 9.87. The van der Waals surface area contributed by atoms with Crippen molar-refractivity contribution in [2.75, 3.05) is 34.0 Å². The van der Waals surface area contributed by atoms with E-state index in [1.807, 2.05) is 36.9 Å². The molecule has 0 aliphatic carbocycles. The summed E-state index contributed by atoms with van der Waals surface area (Å²) in [6.07, 6.45) is 1.47. The van der Waals surface area contributed by atoms with Gasteiger partial charge in [0.25, 0.3) is 0 Å².